The summed E-state index contributed by atoms with van der Waals surface area (Å²) >= 11 is 0. The van der Waals surface area contributed by atoms with Gasteiger partial charge in [-0.05, 0) is 18.2 Å². The molecular formula is C14H18N4O3. The summed E-state index contributed by atoms with van der Waals surface area (Å²) in [7, 11) is 6.47. The first kappa shape index (κ1) is 14.7. The van der Waals surface area contributed by atoms with Crippen molar-refractivity contribution in [1.29, 1.82) is 0 Å². The fraction of sp³-hybridized carbons (Fsp3) is 0.286. The lowest BCUT2D eigenvalue weighted by Crippen LogP contribution is -2.31. The molecule has 0 aliphatic rings. The van der Waals surface area contributed by atoms with E-state index in [9.17, 15) is 9.59 Å². The number of nitrogens with zero attached hydrogens (tertiary/aromatic N) is 1. The highest BCUT2D eigenvalue weighted by molar-refractivity contribution is 5.96. The molecule has 0 saturated carbocycles. The zero-order chi connectivity index (χ0) is 15.6. The smallest absolute Gasteiger partial charge is 0.343 e. The van der Waals surface area contributed by atoms with Gasteiger partial charge in [0.1, 0.15) is 5.56 Å². The fourth-order valence-electron chi connectivity index (χ4n) is 2.25. The van der Waals surface area contributed by atoms with Crippen LogP contribution in [0.3, 0.4) is 0 Å². The Morgan fingerprint density at radius 2 is 1.71 bits per heavy atom. The molecule has 0 atom stereocenters. The SMILES string of the molecule is CNc1cc2cc(C(=O)OC)c(=O)n(NC)c2cc1NC. The van der Waals surface area contributed by atoms with E-state index in [1.807, 2.05) is 12.1 Å². The van der Waals surface area contributed by atoms with Crippen LogP contribution in [0.2, 0.25) is 0 Å². The number of ether oxygens (including phenoxy) is 1. The van der Waals surface area contributed by atoms with Gasteiger partial charge in [0.2, 0.25) is 0 Å². The Bertz CT molecular complexity index is 752. The second-order valence-corrected chi connectivity index (χ2v) is 4.37. The van der Waals surface area contributed by atoms with Crippen molar-refractivity contribution in [2.24, 2.45) is 0 Å². The lowest BCUT2D eigenvalue weighted by molar-refractivity contribution is 0.0598. The third-order valence-corrected chi connectivity index (χ3v) is 3.31. The number of carbonyl (C=O) groups is 1. The molecule has 1 heterocycles. The Balaban J connectivity index is 2.87. The van der Waals surface area contributed by atoms with E-state index in [1.54, 1.807) is 21.1 Å². The molecule has 0 aliphatic carbocycles. The van der Waals surface area contributed by atoms with Gasteiger partial charge in [-0.3, -0.25) is 4.79 Å². The molecular weight excluding hydrogens is 272 g/mol. The number of esters is 1. The molecule has 0 spiro atoms. The summed E-state index contributed by atoms with van der Waals surface area (Å²) in [5.74, 6) is -0.658. The normalized spacial score (nSPS) is 10.3. The van der Waals surface area contributed by atoms with E-state index in [0.717, 1.165) is 16.8 Å². The predicted octanol–water partition coefficient (Wildman–Crippen LogP) is 1.04. The minimum Gasteiger partial charge on any atom is -0.465 e. The van der Waals surface area contributed by atoms with Crippen LogP contribution in [0.4, 0.5) is 11.4 Å². The number of pyridine rings is 1. The maximum atomic E-state index is 12.3. The molecule has 0 saturated heterocycles. The highest BCUT2D eigenvalue weighted by Gasteiger charge is 2.17. The molecule has 21 heavy (non-hydrogen) atoms. The highest BCUT2D eigenvalue weighted by Crippen LogP contribution is 2.27. The standard InChI is InChI=1S/C14H18N4O3/c1-15-10-6-8-5-9(14(20)21-4)13(19)18(17-3)12(8)7-11(10)16-2/h5-7,15-17H,1-4H3. The van der Waals surface area contributed by atoms with Gasteiger partial charge in [0.15, 0.2) is 0 Å². The van der Waals surface area contributed by atoms with E-state index >= 15 is 0 Å². The number of methoxy groups -OCH3 is 1. The van der Waals surface area contributed by atoms with Crippen LogP contribution in [-0.4, -0.2) is 38.9 Å². The van der Waals surface area contributed by atoms with Crippen molar-refractivity contribution in [2.45, 2.75) is 0 Å². The van der Waals surface area contributed by atoms with Gasteiger partial charge in [-0.15, -0.1) is 0 Å². The van der Waals surface area contributed by atoms with Gasteiger partial charge in [0.05, 0.1) is 24.0 Å². The van der Waals surface area contributed by atoms with Crippen molar-refractivity contribution in [2.75, 3.05) is 44.3 Å². The topological polar surface area (TPSA) is 84.4 Å². The molecule has 0 radical (unpaired) electrons. The summed E-state index contributed by atoms with van der Waals surface area (Å²) in [5.41, 5.74) is 4.71. The summed E-state index contributed by atoms with van der Waals surface area (Å²) < 4.78 is 5.98. The van der Waals surface area contributed by atoms with Crippen LogP contribution < -0.4 is 21.6 Å². The van der Waals surface area contributed by atoms with Crippen LogP contribution in [0.5, 0.6) is 0 Å². The summed E-state index contributed by atoms with van der Waals surface area (Å²) in [4.78, 5) is 24.1. The summed E-state index contributed by atoms with van der Waals surface area (Å²) in [5, 5.41) is 6.87. The number of hydrogen-bond donors (Lipinski definition) is 3. The van der Waals surface area contributed by atoms with Crippen LogP contribution in [0.25, 0.3) is 10.9 Å². The molecule has 1 aromatic carbocycles. The second kappa shape index (κ2) is 5.74. The molecule has 0 unspecified atom stereocenters. The van der Waals surface area contributed by atoms with E-state index in [-0.39, 0.29) is 5.56 Å². The van der Waals surface area contributed by atoms with Crippen molar-refractivity contribution < 1.29 is 9.53 Å². The number of hydrogen-bond acceptors (Lipinski definition) is 6. The van der Waals surface area contributed by atoms with Gasteiger partial charge in [-0.1, -0.05) is 0 Å². The van der Waals surface area contributed by atoms with E-state index in [4.69, 9.17) is 0 Å². The highest BCUT2D eigenvalue weighted by atomic mass is 16.5. The molecule has 0 aliphatic heterocycles. The number of carbonyl (C=O) groups excluding carboxylic acids is 1. The number of benzene rings is 1. The van der Waals surface area contributed by atoms with Crippen LogP contribution in [0, 0.1) is 0 Å². The van der Waals surface area contributed by atoms with Crippen molar-refractivity contribution in [3.63, 3.8) is 0 Å². The predicted molar refractivity (Wildman–Crippen MR) is 83.9 cm³/mol. The second-order valence-electron chi connectivity index (χ2n) is 4.37. The van der Waals surface area contributed by atoms with E-state index in [0.29, 0.717) is 5.52 Å². The molecule has 112 valence electrons. The van der Waals surface area contributed by atoms with Crippen molar-refractivity contribution in [3.05, 3.63) is 34.1 Å². The Kier molecular flexibility index (Phi) is 4.02. The Hall–Kier alpha value is -2.70. The summed E-state index contributed by atoms with van der Waals surface area (Å²) in [6, 6.07) is 5.23. The monoisotopic (exact) mass is 290 g/mol. The molecule has 7 nitrogen and oxygen atoms in total. The third-order valence-electron chi connectivity index (χ3n) is 3.31. The molecule has 2 rings (SSSR count). The number of anilines is 2. The number of rotatable bonds is 4. The molecule has 1 aromatic heterocycles. The van der Waals surface area contributed by atoms with E-state index in [2.05, 4.69) is 20.8 Å². The van der Waals surface area contributed by atoms with Gasteiger partial charge < -0.3 is 20.8 Å². The number of nitrogens with one attached hydrogen (secondary N) is 3. The molecule has 0 bridgehead atoms. The quantitative estimate of drug-likeness (QED) is 0.730. The van der Waals surface area contributed by atoms with Gasteiger partial charge in [-0.25, -0.2) is 9.47 Å². The number of fused-ring (bicyclic) bond motifs is 1. The third kappa shape index (κ3) is 2.37. The largest absolute Gasteiger partial charge is 0.465 e. The van der Waals surface area contributed by atoms with Crippen LogP contribution in [0.15, 0.2) is 23.0 Å². The first-order valence-electron chi connectivity index (χ1n) is 6.42. The molecule has 7 heteroatoms. The Labute approximate surface area is 121 Å². The average molecular weight is 290 g/mol. The maximum Gasteiger partial charge on any atom is 0.343 e. The lowest BCUT2D eigenvalue weighted by atomic mass is 10.1. The van der Waals surface area contributed by atoms with Crippen molar-refractivity contribution >= 4 is 28.2 Å². The average Bonchev–Trinajstić information content (AvgIpc) is 2.52. The van der Waals surface area contributed by atoms with Crippen molar-refractivity contribution in [3.8, 4) is 0 Å². The Morgan fingerprint density at radius 3 is 2.24 bits per heavy atom. The van der Waals surface area contributed by atoms with E-state index in [1.165, 1.54) is 17.9 Å². The van der Waals surface area contributed by atoms with Crippen LogP contribution in [0.1, 0.15) is 10.4 Å². The van der Waals surface area contributed by atoms with Crippen LogP contribution in [-0.2, 0) is 4.74 Å². The summed E-state index contributed by atoms with van der Waals surface area (Å²) in [6.07, 6.45) is 0. The van der Waals surface area contributed by atoms with Gasteiger partial charge in [0, 0.05) is 26.5 Å². The van der Waals surface area contributed by atoms with Crippen molar-refractivity contribution in [1.82, 2.24) is 4.68 Å². The molecule has 0 amide bonds. The fourth-order valence-corrected chi connectivity index (χ4v) is 2.25. The molecule has 3 N–H and O–H groups in total. The summed E-state index contributed by atoms with van der Waals surface area (Å²) in [6.45, 7) is 0. The van der Waals surface area contributed by atoms with Crippen LogP contribution >= 0.6 is 0 Å². The number of aromatic nitrogens is 1. The lowest BCUT2D eigenvalue weighted by Gasteiger charge is -2.15. The zero-order valence-corrected chi connectivity index (χ0v) is 12.4. The van der Waals surface area contributed by atoms with Gasteiger partial charge >= 0.3 is 5.97 Å². The first-order valence-corrected chi connectivity index (χ1v) is 6.42. The zero-order valence-electron chi connectivity index (χ0n) is 12.4. The minimum atomic E-state index is -0.658. The maximum absolute atomic E-state index is 12.3. The first-order chi connectivity index (χ1) is 10.1. The minimum absolute atomic E-state index is 0.0152. The van der Waals surface area contributed by atoms with Gasteiger partial charge in [0.25, 0.3) is 5.56 Å². The van der Waals surface area contributed by atoms with Gasteiger partial charge in [-0.2, -0.15) is 0 Å². The molecule has 0 fully saturated rings. The van der Waals surface area contributed by atoms with E-state index < -0.39 is 11.5 Å². The Morgan fingerprint density at radius 1 is 1.10 bits per heavy atom. The molecule has 2 aromatic rings.